The van der Waals surface area contributed by atoms with Gasteiger partial charge >= 0.3 is 17.3 Å². The van der Waals surface area contributed by atoms with E-state index in [1.54, 1.807) is 0 Å². The molecule has 1 aliphatic rings. The molecule has 0 saturated carbocycles. The van der Waals surface area contributed by atoms with Gasteiger partial charge in [-0.3, -0.25) is 10.1 Å². The molecule has 0 unspecified atom stereocenters. The number of hydrogen-bond acceptors (Lipinski definition) is 9. The van der Waals surface area contributed by atoms with E-state index in [2.05, 4.69) is 15.0 Å². The second-order valence-electron chi connectivity index (χ2n) is 2.69. The number of hydrazone groups is 1. The Morgan fingerprint density at radius 3 is 2.53 bits per heavy atom. The molecule has 1 aromatic rings. The first-order valence-corrected chi connectivity index (χ1v) is 3.92. The van der Waals surface area contributed by atoms with Gasteiger partial charge in [0.2, 0.25) is 6.08 Å². The molecule has 0 radical (unpaired) electrons. The molecule has 2 rings (SSSR count). The minimum Gasteiger partial charge on any atom is -0.524 e. The van der Waals surface area contributed by atoms with Crippen LogP contribution in [0.2, 0.25) is 0 Å². The maximum atomic E-state index is 10.7. The van der Waals surface area contributed by atoms with E-state index in [0.717, 1.165) is 5.59 Å². The molecule has 0 saturated heterocycles. The third-order valence-corrected chi connectivity index (χ3v) is 1.73. The zero-order valence-corrected chi connectivity index (χ0v) is 7.76. The van der Waals surface area contributed by atoms with Crippen LogP contribution in [0, 0.1) is 20.2 Å². The van der Waals surface area contributed by atoms with Crippen LogP contribution in [-0.2, 0) is 4.84 Å². The molecule has 13 nitrogen and oxygen atoms in total. The third kappa shape index (κ3) is 1.65. The van der Waals surface area contributed by atoms with Gasteiger partial charge < -0.3 is 20.1 Å². The van der Waals surface area contributed by atoms with Crippen molar-refractivity contribution in [1.29, 1.82) is 0 Å². The summed E-state index contributed by atoms with van der Waals surface area (Å²) in [6, 6.07) is 0. The second-order valence-corrected chi connectivity index (χ2v) is 2.69. The summed E-state index contributed by atoms with van der Waals surface area (Å²) in [7, 11) is 0. The molecule has 0 fully saturated rings. The van der Waals surface area contributed by atoms with E-state index in [0.29, 0.717) is 5.12 Å². The van der Waals surface area contributed by atoms with E-state index >= 15 is 0 Å². The largest absolute Gasteiger partial charge is 0.524 e. The van der Waals surface area contributed by atoms with Gasteiger partial charge in [0.25, 0.3) is 0 Å². The predicted molar refractivity (Wildman–Crippen MR) is 44.8 cm³/mol. The first-order valence-electron chi connectivity index (χ1n) is 3.92. The van der Waals surface area contributed by atoms with Gasteiger partial charge in [-0.05, 0) is 4.92 Å². The monoisotopic (exact) mass is 245 g/mol. The van der Waals surface area contributed by atoms with E-state index in [-0.39, 0.29) is 0 Å². The Bertz CT molecular complexity index is 520. The van der Waals surface area contributed by atoms with Gasteiger partial charge in [0.15, 0.2) is 0 Å². The van der Waals surface area contributed by atoms with Crippen molar-refractivity contribution in [3.8, 4) is 0 Å². The standard InChI is InChI=1S/C4H3N7O6/c12-4-7-9(8-17-4)2-1(10(13)14)3(6-5-2)11(15)16/h8H,(H,5,6)(H,7,12). The topological polar surface area (TPSA) is 179 Å². The smallest absolute Gasteiger partial charge is 0.424 e. The van der Waals surface area contributed by atoms with Crippen LogP contribution in [0.4, 0.5) is 17.3 Å². The van der Waals surface area contributed by atoms with Crippen molar-refractivity contribution < 1.29 is 25.4 Å². The number of anilines is 1. The summed E-state index contributed by atoms with van der Waals surface area (Å²) in [5.41, 5.74) is -0.164. The van der Waals surface area contributed by atoms with Gasteiger partial charge in [0.1, 0.15) is 0 Å². The number of aromatic amines is 1. The Balaban J connectivity index is 2.48. The number of nitrogens with zero attached hydrogens (tertiary/aromatic N) is 5. The average molecular weight is 245 g/mol. The van der Waals surface area contributed by atoms with Crippen LogP contribution >= 0.6 is 0 Å². The molecule has 90 valence electrons. The zero-order valence-electron chi connectivity index (χ0n) is 7.76. The number of quaternary nitrogens is 1. The molecule has 2 heterocycles. The summed E-state index contributed by atoms with van der Waals surface area (Å²) in [5, 5.41) is 40.8. The van der Waals surface area contributed by atoms with Gasteiger partial charge in [-0.2, -0.15) is 0 Å². The fraction of sp³-hybridized carbons (Fsp3) is 0. The number of H-pyrrole nitrogens is 1. The molecule has 0 atom stereocenters. The summed E-state index contributed by atoms with van der Waals surface area (Å²) in [4.78, 5) is 23.4. The summed E-state index contributed by atoms with van der Waals surface area (Å²) >= 11 is 0. The highest BCUT2D eigenvalue weighted by Crippen LogP contribution is 2.33. The normalized spacial score (nSPS) is 14.4. The van der Waals surface area contributed by atoms with Crippen molar-refractivity contribution in [1.82, 2.24) is 10.2 Å². The average Bonchev–Trinajstić information content (AvgIpc) is 2.82. The summed E-state index contributed by atoms with van der Waals surface area (Å²) in [5.74, 6) is -1.42. The molecule has 0 aromatic carbocycles. The fourth-order valence-corrected chi connectivity index (χ4v) is 1.10. The predicted octanol–water partition coefficient (Wildman–Crippen LogP) is -2.91. The van der Waals surface area contributed by atoms with E-state index in [1.807, 2.05) is 5.10 Å². The summed E-state index contributed by atoms with van der Waals surface area (Å²) in [6.07, 6.45) is -1.01. The number of nitrogens with two attached hydrogens (primary N) is 1. The highest BCUT2D eigenvalue weighted by Gasteiger charge is 2.39. The Hall–Kier alpha value is -2.96. The molecule has 13 heteroatoms. The van der Waals surface area contributed by atoms with Crippen molar-refractivity contribution in [2.75, 3.05) is 5.12 Å². The maximum absolute atomic E-state index is 10.7. The highest BCUT2D eigenvalue weighted by atomic mass is 16.8. The van der Waals surface area contributed by atoms with Gasteiger partial charge in [0.05, 0.1) is 4.92 Å². The zero-order chi connectivity index (χ0) is 12.6. The van der Waals surface area contributed by atoms with Gasteiger partial charge in [0, 0.05) is 0 Å². The first-order chi connectivity index (χ1) is 8.00. The Morgan fingerprint density at radius 2 is 2.06 bits per heavy atom. The van der Waals surface area contributed by atoms with Crippen molar-refractivity contribution in [2.45, 2.75) is 0 Å². The SMILES string of the molecule is O=[N+]([O-])c1[nH]nc(N2N=C([O-])O[NH2+]2)c1[N+](=O)[O-]. The van der Waals surface area contributed by atoms with Gasteiger partial charge in [-0.25, -0.2) is 0 Å². The van der Waals surface area contributed by atoms with E-state index in [9.17, 15) is 25.3 Å². The number of nitrogens with one attached hydrogen (secondary N) is 1. The lowest BCUT2D eigenvalue weighted by Crippen LogP contribution is -2.90. The van der Waals surface area contributed by atoms with Crippen molar-refractivity contribution in [3.63, 3.8) is 0 Å². The lowest BCUT2D eigenvalue weighted by atomic mass is 10.5. The number of nitro groups is 2. The number of aromatic nitrogens is 2. The van der Waals surface area contributed by atoms with Crippen LogP contribution in [0.25, 0.3) is 0 Å². The molecule has 17 heavy (non-hydrogen) atoms. The summed E-state index contributed by atoms with van der Waals surface area (Å²) in [6.45, 7) is 0. The molecule has 1 aliphatic heterocycles. The van der Waals surface area contributed by atoms with Crippen LogP contribution in [0.1, 0.15) is 0 Å². The van der Waals surface area contributed by atoms with Crippen LogP contribution in [-0.4, -0.2) is 26.1 Å². The number of hydrogen-bond donors (Lipinski definition) is 2. The molecule has 0 aliphatic carbocycles. The molecule has 0 amide bonds. The Kier molecular flexibility index (Phi) is 2.21. The quantitative estimate of drug-likeness (QED) is 0.322. The molecule has 3 N–H and O–H groups in total. The van der Waals surface area contributed by atoms with E-state index in [1.165, 1.54) is 0 Å². The lowest BCUT2D eigenvalue weighted by molar-refractivity contribution is -0.874. The second kappa shape index (κ2) is 3.56. The fourth-order valence-electron chi connectivity index (χ4n) is 1.10. The molecule has 1 aromatic heterocycles. The molecular weight excluding hydrogens is 242 g/mol. The van der Waals surface area contributed by atoms with E-state index < -0.39 is 33.3 Å². The van der Waals surface area contributed by atoms with Crippen molar-refractivity contribution in [2.24, 2.45) is 5.10 Å². The van der Waals surface area contributed by atoms with E-state index in [4.69, 9.17) is 0 Å². The van der Waals surface area contributed by atoms with Gasteiger partial charge in [-0.1, -0.05) is 15.3 Å². The molecular formula is C4H3N7O6. The highest BCUT2D eigenvalue weighted by molar-refractivity contribution is 5.69. The Labute approximate surface area is 90.5 Å². The van der Waals surface area contributed by atoms with Crippen molar-refractivity contribution >= 4 is 23.4 Å². The van der Waals surface area contributed by atoms with Gasteiger partial charge in [-0.15, -0.1) is 10.7 Å². The van der Waals surface area contributed by atoms with Crippen LogP contribution in [0.3, 0.4) is 0 Å². The summed E-state index contributed by atoms with van der Waals surface area (Å²) < 4.78 is 0. The number of rotatable bonds is 3. The lowest BCUT2D eigenvalue weighted by Gasteiger charge is -2.03. The van der Waals surface area contributed by atoms with Crippen molar-refractivity contribution in [3.05, 3.63) is 20.2 Å². The molecule has 0 bridgehead atoms. The first kappa shape index (κ1) is 10.6. The van der Waals surface area contributed by atoms with Crippen LogP contribution < -0.4 is 15.8 Å². The Morgan fingerprint density at radius 1 is 1.35 bits per heavy atom. The molecule has 0 spiro atoms. The van der Waals surface area contributed by atoms with Crippen LogP contribution in [0.5, 0.6) is 0 Å². The minimum absolute atomic E-state index is 0.507. The van der Waals surface area contributed by atoms with Crippen LogP contribution in [0.15, 0.2) is 5.10 Å². The maximum Gasteiger partial charge on any atom is 0.424 e. The third-order valence-electron chi connectivity index (χ3n) is 1.73. The minimum atomic E-state index is -1.01.